The van der Waals surface area contributed by atoms with E-state index in [1.165, 1.54) is 18.5 Å². The van der Waals surface area contributed by atoms with Crippen LogP contribution in [0.5, 0.6) is 0 Å². The first-order valence-corrected chi connectivity index (χ1v) is 8.58. The first-order valence-electron chi connectivity index (χ1n) is 8.58. The van der Waals surface area contributed by atoms with Crippen LogP contribution in [0.4, 0.5) is 23.1 Å². The lowest BCUT2D eigenvalue weighted by molar-refractivity contribution is 0.518. The van der Waals surface area contributed by atoms with Crippen LogP contribution >= 0.6 is 0 Å². The Morgan fingerprint density at radius 2 is 1.88 bits per heavy atom. The predicted octanol–water partition coefficient (Wildman–Crippen LogP) is 4.03. The summed E-state index contributed by atoms with van der Waals surface area (Å²) in [5.74, 6) is 2.19. The van der Waals surface area contributed by atoms with Gasteiger partial charge in [-0.15, -0.1) is 0 Å². The third-order valence-electron chi connectivity index (χ3n) is 4.27. The lowest BCUT2D eigenvalue weighted by Gasteiger charge is -2.17. The Morgan fingerprint density at radius 1 is 1.04 bits per heavy atom. The van der Waals surface area contributed by atoms with E-state index in [0.29, 0.717) is 12.5 Å². The number of nitrogens with one attached hydrogen (secondary N) is 2. The van der Waals surface area contributed by atoms with E-state index < -0.39 is 0 Å². The molecular weight excluding hydrogens is 314 g/mol. The molecule has 1 aliphatic heterocycles. The average Bonchev–Trinajstić information content (AvgIpc) is 3.35. The molecule has 1 fully saturated rings. The van der Waals surface area contributed by atoms with E-state index >= 15 is 0 Å². The van der Waals surface area contributed by atoms with Gasteiger partial charge < -0.3 is 20.0 Å². The van der Waals surface area contributed by atoms with Gasteiger partial charge in [0.25, 0.3) is 0 Å². The monoisotopic (exact) mass is 335 g/mol. The third kappa shape index (κ3) is 3.91. The Hall–Kier alpha value is -3.02. The Morgan fingerprint density at radius 3 is 2.64 bits per heavy atom. The quantitative estimate of drug-likeness (QED) is 0.709. The van der Waals surface area contributed by atoms with Crippen molar-refractivity contribution in [3.05, 3.63) is 60.7 Å². The van der Waals surface area contributed by atoms with Crippen molar-refractivity contribution in [2.75, 3.05) is 28.6 Å². The van der Waals surface area contributed by atoms with Crippen LogP contribution in [0.15, 0.2) is 59.3 Å². The number of rotatable bonds is 6. The van der Waals surface area contributed by atoms with Gasteiger partial charge in [-0.05, 0) is 55.3 Å². The molecule has 0 unspecified atom stereocenters. The molecule has 1 aliphatic rings. The fourth-order valence-electron chi connectivity index (χ4n) is 2.97. The van der Waals surface area contributed by atoms with E-state index in [-0.39, 0.29) is 0 Å². The number of hydrogen-bond donors (Lipinski definition) is 2. The van der Waals surface area contributed by atoms with Crippen LogP contribution in [0.1, 0.15) is 18.6 Å². The molecule has 4 rings (SSSR count). The van der Waals surface area contributed by atoms with Gasteiger partial charge in [0.2, 0.25) is 5.95 Å². The van der Waals surface area contributed by atoms with Gasteiger partial charge in [-0.25, -0.2) is 4.98 Å². The van der Waals surface area contributed by atoms with E-state index in [4.69, 9.17) is 4.42 Å². The van der Waals surface area contributed by atoms with Crippen molar-refractivity contribution in [2.45, 2.75) is 19.4 Å². The summed E-state index contributed by atoms with van der Waals surface area (Å²) in [5.41, 5.74) is 2.25. The molecule has 2 aromatic heterocycles. The average molecular weight is 335 g/mol. The second-order valence-electron chi connectivity index (χ2n) is 6.06. The van der Waals surface area contributed by atoms with Crippen molar-refractivity contribution < 1.29 is 4.42 Å². The van der Waals surface area contributed by atoms with Gasteiger partial charge >= 0.3 is 0 Å². The highest BCUT2D eigenvalue weighted by Crippen LogP contribution is 2.23. The molecule has 3 aromatic rings. The molecule has 1 aromatic carbocycles. The fraction of sp³-hybridized carbons (Fsp3) is 0.263. The Bertz CT molecular complexity index is 795. The molecule has 0 spiro atoms. The molecule has 0 saturated carbocycles. The highest BCUT2D eigenvalue weighted by molar-refractivity contribution is 5.60. The number of hydrogen-bond acceptors (Lipinski definition) is 6. The van der Waals surface area contributed by atoms with Crippen molar-refractivity contribution in [2.24, 2.45) is 0 Å². The van der Waals surface area contributed by atoms with Crippen LogP contribution in [-0.2, 0) is 6.54 Å². The Balaban J connectivity index is 1.39. The predicted molar refractivity (Wildman–Crippen MR) is 99.2 cm³/mol. The number of nitrogens with zero attached hydrogens (tertiary/aromatic N) is 3. The number of furan rings is 1. The fourth-order valence-corrected chi connectivity index (χ4v) is 2.97. The maximum Gasteiger partial charge on any atom is 0.229 e. The zero-order valence-electron chi connectivity index (χ0n) is 14.0. The summed E-state index contributed by atoms with van der Waals surface area (Å²) >= 11 is 0. The molecule has 2 N–H and O–H groups in total. The van der Waals surface area contributed by atoms with Crippen LogP contribution in [0, 0.1) is 0 Å². The van der Waals surface area contributed by atoms with Crippen LogP contribution in [0.25, 0.3) is 0 Å². The Kier molecular flexibility index (Phi) is 4.50. The van der Waals surface area contributed by atoms with Gasteiger partial charge in [0.05, 0.1) is 12.8 Å². The molecule has 6 heteroatoms. The second kappa shape index (κ2) is 7.25. The summed E-state index contributed by atoms with van der Waals surface area (Å²) in [4.78, 5) is 11.2. The molecule has 0 bridgehead atoms. The molecule has 3 heterocycles. The maximum absolute atomic E-state index is 5.31. The number of anilines is 4. The summed E-state index contributed by atoms with van der Waals surface area (Å²) in [7, 11) is 0. The van der Waals surface area contributed by atoms with Crippen LogP contribution < -0.4 is 15.5 Å². The smallest absolute Gasteiger partial charge is 0.229 e. The van der Waals surface area contributed by atoms with Crippen molar-refractivity contribution in [1.29, 1.82) is 0 Å². The summed E-state index contributed by atoms with van der Waals surface area (Å²) in [6.07, 6.45) is 5.96. The zero-order chi connectivity index (χ0) is 16.9. The standard InChI is InChI=1S/C19H21N5O/c1-2-12-24(11-1)16-7-5-15(6-8-16)22-19-20-10-9-18(23-19)21-14-17-4-3-13-25-17/h3-10,13H,1-2,11-12,14H2,(H2,20,21,22,23). The maximum atomic E-state index is 5.31. The van der Waals surface area contributed by atoms with E-state index in [1.54, 1.807) is 12.5 Å². The molecule has 0 radical (unpaired) electrons. The van der Waals surface area contributed by atoms with Gasteiger partial charge in [-0.3, -0.25) is 0 Å². The van der Waals surface area contributed by atoms with Gasteiger partial charge in [0, 0.05) is 30.7 Å². The first-order chi connectivity index (χ1) is 12.4. The number of benzene rings is 1. The van der Waals surface area contributed by atoms with Crippen LogP contribution in [0.2, 0.25) is 0 Å². The molecule has 128 valence electrons. The van der Waals surface area contributed by atoms with E-state index in [0.717, 1.165) is 30.4 Å². The Labute approximate surface area is 146 Å². The largest absolute Gasteiger partial charge is 0.467 e. The van der Waals surface area contributed by atoms with Crippen molar-refractivity contribution in [1.82, 2.24) is 9.97 Å². The van der Waals surface area contributed by atoms with E-state index in [1.807, 2.05) is 18.2 Å². The van der Waals surface area contributed by atoms with Crippen molar-refractivity contribution in [3.63, 3.8) is 0 Å². The zero-order valence-corrected chi connectivity index (χ0v) is 14.0. The molecule has 25 heavy (non-hydrogen) atoms. The molecule has 0 aliphatic carbocycles. The number of aromatic nitrogens is 2. The minimum Gasteiger partial charge on any atom is -0.467 e. The van der Waals surface area contributed by atoms with Crippen molar-refractivity contribution in [3.8, 4) is 0 Å². The van der Waals surface area contributed by atoms with Gasteiger partial charge in [0.15, 0.2) is 0 Å². The molecule has 6 nitrogen and oxygen atoms in total. The minimum atomic E-state index is 0.568. The normalized spacial score (nSPS) is 13.8. The van der Waals surface area contributed by atoms with Gasteiger partial charge in [-0.1, -0.05) is 0 Å². The summed E-state index contributed by atoms with van der Waals surface area (Å²) in [5, 5.41) is 6.48. The molecular formula is C19H21N5O. The SMILES string of the molecule is c1coc(CNc2ccnc(Nc3ccc(N4CCCC4)cc3)n2)c1. The lowest BCUT2D eigenvalue weighted by Crippen LogP contribution is -2.17. The summed E-state index contributed by atoms with van der Waals surface area (Å²) in [6.45, 7) is 2.90. The molecule has 1 saturated heterocycles. The van der Waals surface area contributed by atoms with E-state index in [2.05, 4.69) is 49.8 Å². The minimum absolute atomic E-state index is 0.568. The van der Waals surface area contributed by atoms with E-state index in [9.17, 15) is 0 Å². The van der Waals surface area contributed by atoms with Gasteiger partial charge in [0.1, 0.15) is 11.6 Å². The van der Waals surface area contributed by atoms with Gasteiger partial charge in [-0.2, -0.15) is 4.98 Å². The topological polar surface area (TPSA) is 66.2 Å². The molecule has 0 amide bonds. The second-order valence-corrected chi connectivity index (χ2v) is 6.06. The third-order valence-corrected chi connectivity index (χ3v) is 4.27. The van der Waals surface area contributed by atoms with Crippen molar-refractivity contribution >= 4 is 23.1 Å². The van der Waals surface area contributed by atoms with Crippen LogP contribution in [-0.4, -0.2) is 23.1 Å². The highest BCUT2D eigenvalue weighted by Gasteiger charge is 2.11. The summed E-state index contributed by atoms with van der Waals surface area (Å²) < 4.78 is 5.31. The lowest BCUT2D eigenvalue weighted by atomic mass is 10.2. The molecule has 0 atom stereocenters. The first kappa shape index (κ1) is 15.5. The summed E-state index contributed by atoms with van der Waals surface area (Å²) in [6, 6.07) is 14.1. The van der Waals surface area contributed by atoms with Crippen LogP contribution in [0.3, 0.4) is 0 Å². The highest BCUT2D eigenvalue weighted by atomic mass is 16.3.